The molecule has 0 bridgehead atoms. The molecule has 1 aliphatic rings. The van der Waals surface area contributed by atoms with E-state index < -0.39 is 6.04 Å². The summed E-state index contributed by atoms with van der Waals surface area (Å²) in [6.07, 6.45) is 6.00. The lowest BCUT2D eigenvalue weighted by Gasteiger charge is -2.27. The van der Waals surface area contributed by atoms with Crippen LogP contribution in [0.25, 0.3) is 10.6 Å². The van der Waals surface area contributed by atoms with Crippen LogP contribution in [0.3, 0.4) is 0 Å². The lowest BCUT2D eigenvalue weighted by molar-refractivity contribution is -0.130. The van der Waals surface area contributed by atoms with E-state index in [2.05, 4.69) is 20.8 Å². The van der Waals surface area contributed by atoms with Gasteiger partial charge in [-0.2, -0.15) is 0 Å². The third-order valence-electron chi connectivity index (χ3n) is 5.72. The van der Waals surface area contributed by atoms with Gasteiger partial charge in [0.05, 0.1) is 0 Å². The Hall–Kier alpha value is -2.28. The second-order valence-electron chi connectivity index (χ2n) is 7.97. The molecule has 0 aliphatic heterocycles. The van der Waals surface area contributed by atoms with E-state index in [9.17, 15) is 9.59 Å². The summed E-state index contributed by atoms with van der Waals surface area (Å²) in [5.74, 6) is -0.164. The fourth-order valence-corrected chi connectivity index (χ4v) is 4.36. The molecule has 0 radical (unpaired) electrons. The lowest BCUT2D eigenvalue weighted by Crippen LogP contribution is -2.49. The third kappa shape index (κ3) is 5.63. The van der Waals surface area contributed by atoms with Crippen molar-refractivity contribution in [2.45, 2.75) is 65.3 Å². The van der Waals surface area contributed by atoms with Crippen molar-refractivity contribution < 1.29 is 9.59 Å². The van der Waals surface area contributed by atoms with Crippen molar-refractivity contribution in [3.63, 3.8) is 0 Å². The summed E-state index contributed by atoms with van der Waals surface area (Å²) in [6.45, 7) is 6.05. The molecule has 3 rings (SSSR count). The molecule has 156 valence electrons. The first-order valence-electron chi connectivity index (χ1n) is 10.5. The Morgan fingerprint density at radius 2 is 1.83 bits per heavy atom. The maximum atomic E-state index is 12.9. The Labute approximate surface area is 176 Å². The molecule has 1 fully saturated rings. The van der Waals surface area contributed by atoms with Gasteiger partial charge < -0.3 is 5.32 Å². The largest absolute Gasteiger partial charge is 0.344 e. The molecule has 2 aromatic rings. The number of hydrogen-bond acceptors (Lipinski definition) is 5. The summed E-state index contributed by atoms with van der Waals surface area (Å²) in [5, 5.41) is 15.4. The molecule has 0 spiro atoms. The fourth-order valence-electron chi connectivity index (χ4n) is 3.61. The molecule has 0 saturated heterocycles. The number of aromatic nitrogens is 2. The van der Waals surface area contributed by atoms with Gasteiger partial charge >= 0.3 is 0 Å². The molecular formula is C22H30N4O2S. The predicted octanol–water partition coefficient (Wildman–Crippen LogP) is 4.56. The van der Waals surface area contributed by atoms with Crippen LogP contribution in [-0.4, -0.2) is 28.1 Å². The Balaban J connectivity index is 1.66. The first kappa shape index (κ1) is 21.4. The molecule has 2 N–H and O–H groups in total. The van der Waals surface area contributed by atoms with Crippen LogP contribution in [0.4, 0.5) is 5.13 Å². The monoisotopic (exact) mass is 414 g/mol. The highest BCUT2D eigenvalue weighted by Gasteiger charge is 2.30. The zero-order valence-corrected chi connectivity index (χ0v) is 18.2. The van der Waals surface area contributed by atoms with Gasteiger partial charge in [0.25, 0.3) is 0 Å². The minimum absolute atomic E-state index is 0.00255. The number of nitrogens with zero attached hydrogens (tertiary/aromatic N) is 2. The highest BCUT2D eigenvalue weighted by molar-refractivity contribution is 7.18. The molecule has 1 heterocycles. The number of carbonyl (C=O) groups is 2. The minimum atomic E-state index is -0.568. The highest BCUT2D eigenvalue weighted by Crippen LogP contribution is 2.27. The molecule has 0 unspecified atom stereocenters. The average molecular weight is 415 g/mol. The molecule has 29 heavy (non-hydrogen) atoms. The van der Waals surface area contributed by atoms with E-state index in [0.29, 0.717) is 5.13 Å². The molecule has 7 heteroatoms. The van der Waals surface area contributed by atoms with E-state index in [1.54, 1.807) is 0 Å². The van der Waals surface area contributed by atoms with E-state index in [0.717, 1.165) is 42.7 Å². The van der Waals surface area contributed by atoms with Crippen molar-refractivity contribution >= 4 is 28.3 Å². The average Bonchev–Trinajstić information content (AvgIpc) is 3.20. The van der Waals surface area contributed by atoms with E-state index in [4.69, 9.17) is 0 Å². The maximum Gasteiger partial charge on any atom is 0.249 e. The van der Waals surface area contributed by atoms with Gasteiger partial charge in [0, 0.05) is 11.5 Å². The number of hydrogen-bond donors (Lipinski definition) is 2. The van der Waals surface area contributed by atoms with Crippen LogP contribution in [0.5, 0.6) is 0 Å². The van der Waals surface area contributed by atoms with Crippen LogP contribution in [-0.2, 0) is 9.59 Å². The summed E-state index contributed by atoms with van der Waals surface area (Å²) in [6, 6.07) is 7.46. The highest BCUT2D eigenvalue weighted by atomic mass is 32.1. The van der Waals surface area contributed by atoms with Gasteiger partial charge in [0.2, 0.25) is 16.9 Å². The predicted molar refractivity (Wildman–Crippen MR) is 117 cm³/mol. The minimum Gasteiger partial charge on any atom is -0.344 e. The molecule has 1 aromatic carbocycles. The quantitative estimate of drug-likeness (QED) is 0.695. The first-order chi connectivity index (χ1) is 14.0. The van der Waals surface area contributed by atoms with Gasteiger partial charge in [0.1, 0.15) is 11.0 Å². The van der Waals surface area contributed by atoms with Gasteiger partial charge in [-0.3, -0.25) is 14.9 Å². The molecule has 1 saturated carbocycles. The lowest BCUT2D eigenvalue weighted by atomic mass is 9.88. The normalized spacial score (nSPS) is 16.8. The van der Waals surface area contributed by atoms with E-state index in [-0.39, 0.29) is 23.7 Å². The molecule has 1 aliphatic carbocycles. The van der Waals surface area contributed by atoms with Crippen LogP contribution < -0.4 is 10.6 Å². The molecule has 6 nitrogen and oxygen atoms in total. The van der Waals surface area contributed by atoms with Crippen molar-refractivity contribution in [2.75, 3.05) is 5.32 Å². The third-order valence-corrected chi connectivity index (χ3v) is 6.61. The number of benzene rings is 1. The van der Waals surface area contributed by atoms with Crippen molar-refractivity contribution in [2.24, 2.45) is 11.8 Å². The Morgan fingerprint density at radius 1 is 1.14 bits per heavy atom. The summed E-state index contributed by atoms with van der Waals surface area (Å²) in [7, 11) is 0. The van der Waals surface area contributed by atoms with Crippen molar-refractivity contribution in [3.05, 3.63) is 29.8 Å². The van der Waals surface area contributed by atoms with Crippen molar-refractivity contribution in [3.8, 4) is 10.6 Å². The molecular weight excluding hydrogens is 384 g/mol. The smallest absolute Gasteiger partial charge is 0.249 e. The number of amides is 2. The number of carbonyl (C=O) groups excluding carboxylic acids is 2. The van der Waals surface area contributed by atoms with Crippen LogP contribution in [0.15, 0.2) is 24.3 Å². The standard InChI is InChI=1S/C22H30N4O2S/c1-4-15(3)18(23-19(27)16-8-6-5-7-9-16)20(28)24-22-26-25-21(29-22)17-12-10-14(2)11-13-17/h10-13,15-16,18H,4-9H2,1-3H3,(H,23,27)(H,24,26,28)/t15-,18+/m1/s1. The van der Waals surface area contributed by atoms with E-state index in [1.165, 1.54) is 23.3 Å². The SMILES string of the molecule is CC[C@@H](C)[C@H](NC(=O)C1CCCCC1)C(=O)Nc1nnc(-c2ccc(C)cc2)s1. The first-order valence-corrected chi connectivity index (χ1v) is 11.3. The second-order valence-corrected chi connectivity index (χ2v) is 8.95. The van der Waals surface area contributed by atoms with Gasteiger partial charge in [0.15, 0.2) is 0 Å². The fraction of sp³-hybridized carbons (Fsp3) is 0.545. The zero-order chi connectivity index (χ0) is 20.8. The molecule has 1 aromatic heterocycles. The number of rotatable bonds is 7. The number of aryl methyl sites for hydroxylation is 1. The van der Waals surface area contributed by atoms with Gasteiger partial charge in [-0.25, -0.2) is 0 Å². The Bertz CT molecular complexity index is 828. The van der Waals surface area contributed by atoms with Crippen LogP contribution in [0.1, 0.15) is 57.9 Å². The maximum absolute atomic E-state index is 12.9. The number of anilines is 1. The summed E-state index contributed by atoms with van der Waals surface area (Å²) < 4.78 is 0. The van der Waals surface area contributed by atoms with Crippen molar-refractivity contribution in [1.82, 2.24) is 15.5 Å². The van der Waals surface area contributed by atoms with Crippen LogP contribution in [0.2, 0.25) is 0 Å². The van der Waals surface area contributed by atoms with E-state index in [1.807, 2.05) is 45.0 Å². The van der Waals surface area contributed by atoms with Gasteiger partial charge in [-0.05, 0) is 25.7 Å². The summed E-state index contributed by atoms with van der Waals surface area (Å²) in [4.78, 5) is 25.6. The second kappa shape index (κ2) is 9.96. The Kier molecular flexibility index (Phi) is 7.36. The number of nitrogens with one attached hydrogen (secondary N) is 2. The summed E-state index contributed by atoms with van der Waals surface area (Å²) >= 11 is 1.34. The van der Waals surface area contributed by atoms with Crippen LogP contribution in [0, 0.1) is 18.8 Å². The van der Waals surface area contributed by atoms with Crippen LogP contribution >= 0.6 is 11.3 Å². The van der Waals surface area contributed by atoms with Gasteiger partial charge in [-0.15, -0.1) is 10.2 Å². The zero-order valence-electron chi connectivity index (χ0n) is 17.4. The van der Waals surface area contributed by atoms with Crippen molar-refractivity contribution in [1.29, 1.82) is 0 Å². The summed E-state index contributed by atoms with van der Waals surface area (Å²) in [5.41, 5.74) is 2.15. The molecule has 2 amide bonds. The molecule has 2 atom stereocenters. The topological polar surface area (TPSA) is 84.0 Å². The van der Waals surface area contributed by atoms with E-state index >= 15 is 0 Å². The Morgan fingerprint density at radius 3 is 2.48 bits per heavy atom. The van der Waals surface area contributed by atoms with Gasteiger partial charge in [-0.1, -0.05) is 80.7 Å².